The van der Waals surface area contributed by atoms with Gasteiger partial charge in [-0.05, 0) is 60.2 Å². The number of nitrogens with zero attached hydrogens (tertiary/aromatic N) is 1. The predicted molar refractivity (Wildman–Crippen MR) is 105 cm³/mol. The fourth-order valence-electron chi connectivity index (χ4n) is 4.60. The third-order valence-electron chi connectivity index (χ3n) is 5.88. The second-order valence-electron chi connectivity index (χ2n) is 7.42. The Labute approximate surface area is 165 Å². The number of fused-ring (bicyclic) bond motifs is 5. The molecule has 2 aliphatic carbocycles. The van der Waals surface area contributed by atoms with Crippen LogP contribution in [0, 0.1) is 23.7 Å². The van der Waals surface area contributed by atoms with Crippen molar-refractivity contribution in [2.24, 2.45) is 23.7 Å². The monoisotopic (exact) mass is 423 g/mol. The number of hydrogen-bond acceptors (Lipinski definition) is 3. The van der Waals surface area contributed by atoms with Crippen molar-refractivity contribution in [1.29, 1.82) is 0 Å². The summed E-state index contributed by atoms with van der Waals surface area (Å²) in [4.78, 5) is 27.1. The van der Waals surface area contributed by atoms with Crippen LogP contribution in [-0.2, 0) is 16.2 Å². The number of carbonyl (C=O) groups excluding carboxylic acids is 2. The van der Waals surface area contributed by atoms with E-state index in [1.54, 1.807) is 12.1 Å². The lowest BCUT2D eigenvalue weighted by Crippen LogP contribution is -2.32. The smallest absolute Gasteiger partial charge is 0.238 e. The van der Waals surface area contributed by atoms with E-state index < -0.39 is 0 Å². The molecule has 5 rings (SSSR count). The Morgan fingerprint density at radius 1 is 0.889 bits per heavy atom. The number of rotatable bonds is 4. The maximum atomic E-state index is 12.8. The summed E-state index contributed by atoms with van der Waals surface area (Å²) < 4.78 is 6.84. The van der Waals surface area contributed by atoms with Crippen molar-refractivity contribution >= 4 is 33.4 Å². The average Bonchev–Trinajstić information content (AvgIpc) is 3.36. The van der Waals surface area contributed by atoms with E-state index in [1.165, 1.54) is 4.90 Å². The van der Waals surface area contributed by atoms with E-state index in [0.717, 1.165) is 16.5 Å². The van der Waals surface area contributed by atoms with Gasteiger partial charge in [-0.1, -0.05) is 40.2 Å². The van der Waals surface area contributed by atoms with Crippen LogP contribution in [0.15, 0.2) is 65.2 Å². The third-order valence-corrected chi connectivity index (χ3v) is 6.41. The molecule has 3 aliphatic rings. The minimum atomic E-state index is -0.166. The zero-order valence-electron chi connectivity index (χ0n) is 14.5. The summed E-state index contributed by atoms with van der Waals surface area (Å²) in [6, 6.07) is 15.2. The molecule has 0 N–H and O–H groups in total. The highest BCUT2D eigenvalue weighted by atomic mass is 79.9. The number of carbonyl (C=O) groups is 2. The largest absolute Gasteiger partial charge is 0.489 e. The molecular formula is C22H18BrNO3. The summed E-state index contributed by atoms with van der Waals surface area (Å²) >= 11 is 3.42. The predicted octanol–water partition coefficient (Wildman–Crippen LogP) is 4.34. The molecular weight excluding hydrogens is 406 g/mol. The van der Waals surface area contributed by atoms with E-state index in [2.05, 4.69) is 28.1 Å². The molecule has 27 heavy (non-hydrogen) atoms. The summed E-state index contributed by atoms with van der Waals surface area (Å²) in [5.74, 6) is 0.741. The van der Waals surface area contributed by atoms with Crippen molar-refractivity contribution in [2.45, 2.75) is 13.0 Å². The number of halogens is 1. The molecule has 1 heterocycles. The summed E-state index contributed by atoms with van der Waals surface area (Å²) in [6.07, 6.45) is 5.17. The maximum Gasteiger partial charge on any atom is 0.238 e. The lowest BCUT2D eigenvalue weighted by Gasteiger charge is -2.17. The Kier molecular flexibility index (Phi) is 3.93. The first-order chi connectivity index (χ1) is 13.1. The third kappa shape index (κ3) is 2.72. The quantitative estimate of drug-likeness (QED) is 0.542. The Hall–Kier alpha value is -2.40. The van der Waals surface area contributed by atoms with Crippen molar-refractivity contribution in [2.75, 3.05) is 4.90 Å². The molecule has 4 nitrogen and oxygen atoms in total. The van der Waals surface area contributed by atoms with Gasteiger partial charge in [0.25, 0.3) is 0 Å². The number of hydrogen-bond donors (Lipinski definition) is 0. The van der Waals surface area contributed by atoms with Crippen LogP contribution in [0.4, 0.5) is 5.69 Å². The van der Waals surface area contributed by atoms with Crippen LogP contribution in [0.3, 0.4) is 0 Å². The molecule has 2 bridgehead atoms. The van der Waals surface area contributed by atoms with Crippen LogP contribution >= 0.6 is 15.9 Å². The van der Waals surface area contributed by atoms with E-state index in [9.17, 15) is 9.59 Å². The SMILES string of the molecule is O=C1[C@@H]2[C@@H](C(=O)N1c1ccc(OCc3ccc(Br)cc3)cc1)[C@H]1C=C[C@@H]2C1. The highest BCUT2D eigenvalue weighted by Crippen LogP contribution is 2.53. The van der Waals surface area contributed by atoms with E-state index in [0.29, 0.717) is 18.0 Å². The molecule has 1 saturated heterocycles. The van der Waals surface area contributed by atoms with Gasteiger partial charge in [0.2, 0.25) is 11.8 Å². The lowest BCUT2D eigenvalue weighted by atomic mass is 9.85. The van der Waals surface area contributed by atoms with Crippen molar-refractivity contribution in [1.82, 2.24) is 0 Å². The van der Waals surface area contributed by atoms with Gasteiger partial charge in [0.05, 0.1) is 17.5 Å². The number of allylic oxidation sites excluding steroid dienone is 2. The fourth-order valence-corrected chi connectivity index (χ4v) is 4.86. The summed E-state index contributed by atoms with van der Waals surface area (Å²) in [5, 5.41) is 0. The molecule has 0 unspecified atom stereocenters. The van der Waals surface area contributed by atoms with Gasteiger partial charge in [-0.2, -0.15) is 0 Å². The minimum absolute atomic E-state index is 0.0506. The second kappa shape index (κ2) is 6.34. The molecule has 136 valence electrons. The molecule has 0 spiro atoms. The highest BCUT2D eigenvalue weighted by molar-refractivity contribution is 9.10. The van der Waals surface area contributed by atoms with E-state index >= 15 is 0 Å². The number of ether oxygens (including phenoxy) is 1. The van der Waals surface area contributed by atoms with Crippen molar-refractivity contribution < 1.29 is 14.3 Å². The van der Waals surface area contributed by atoms with Gasteiger partial charge in [-0.25, -0.2) is 0 Å². The molecule has 2 fully saturated rings. The molecule has 2 aromatic carbocycles. The highest BCUT2D eigenvalue weighted by Gasteiger charge is 2.59. The standard InChI is InChI=1S/C22H18BrNO3/c23-16-5-1-13(2-6-16)12-27-18-9-7-17(8-10-18)24-21(25)19-14-3-4-15(11-14)20(19)22(24)26/h1-10,14-15,19-20H,11-12H2/t14-,15+,19-,20-/m0/s1. The zero-order chi connectivity index (χ0) is 18.5. The molecule has 1 aliphatic heterocycles. The normalized spacial score (nSPS) is 28.1. The van der Waals surface area contributed by atoms with Gasteiger partial charge in [-0.3, -0.25) is 14.5 Å². The van der Waals surface area contributed by atoms with Gasteiger partial charge in [-0.15, -0.1) is 0 Å². The van der Waals surface area contributed by atoms with Crippen LogP contribution in [0.25, 0.3) is 0 Å². The van der Waals surface area contributed by atoms with Crippen molar-refractivity contribution in [3.8, 4) is 5.75 Å². The molecule has 0 radical (unpaired) electrons. The Balaban J connectivity index is 1.30. The first-order valence-electron chi connectivity index (χ1n) is 9.15. The lowest BCUT2D eigenvalue weighted by molar-refractivity contribution is -0.123. The Morgan fingerprint density at radius 3 is 2.07 bits per heavy atom. The van der Waals surface area contributed by atoms with Crippen molar-refractivity contribution in [3.05, 3.63) is 70.7 Å². The molecule has 5 heteroatoms. The van der Waals surface area contributed by atoms with Gasteiger partial charge in [0.15, 0.2) is 0 Å². The number of imide groups is 1. The van der Waals surface area contributed by atoms with Crippen LogP contribution < -0.4 is 9.64 Å². The molecule has 2 aromatic rings. The maximum absolute atomic E-state index is 12.8. The topological polar surface area (TPSA) is 46.6 Å². The average molecular weight is 424 g/mol. The molecule has 0 aromatic heterocycles. The summed E-state index contributed by atoms with van der Waals surface area (Å²) in [7, 11) is 0. The van der Waals surface area contributed by atoms with Gasteiger partial charge >= 0.3 is 0 Å². The van der Waals surface area contributed by atoms with Gasteiger partial charge in [0, 0.05) is 4.47 Å². The van der Waals surface area contributed by atoms with E-state index in [4.69, 9.17) is 4.74 Å². The van der Waals surface area contributed by atoms with Gasteiger partial charge < -0.3 is 4.74 Å². The Bertz CT molecular complexity index is 905. The number of amides is 2. The summed E-state index contributed by atoms with van der Waals surface area (Å²) in [5.41, 5.74) is 1.71. The minimum Gasteiger partial charge on any atom is -0.489 e. The van der Waals surface area contributed by atoms with Crippen molar-refractivity contribution in [3.63, 3.8) is 0 Å². The van der Waals surface area contributed by atoms with Gasteiger partial charge in [0.1, 0.15) is 12.4 Å². The number of benzene rings is 2. The second-order valence-corrected chi connectivity index (χ2v) is 8.34. The summed E-state index contributed by atoms with van der Waals surface area (Å²) in [6.45, 7) is 0.466. The van der Waals surface area contributed by atoms with Crippen LogP contribution in [0.1, 0.15) is 12.0 Å². The molecule has 1 saturated carbocycles. The first kappa shape index (κ1) is 16.8. The van der Waals surface area contributed by atoms with Crippen LogP contribution in [0.2, 0.25) is 0 Å². The first-order valence-corrected chi connectivity index (χ1v) is 9.94. The Morgan fingerprint density at radius 2 is 1.48 bits per heavy atom. The van der Waals surface area contributed by atoms with E-state index in [1.807, 2.05) is 36.4 Å². The number of anilines is 1. The molecule has 2 amide bonds. The van der Waals surface area contributed by atoms with E-state index in [-0.39, 0.29) is 35.5 Å². The zero-order valence-corrected chi connectivity index (χ0v) is 16.1. The molecule has 4 atom stereocenters. The van der Waals surface area contributed by atoms with Crippen LogP contribution in [-0.4, -0.2) is 11.8 Å². The fraction of sp³-hybridized carbons (Fsp3) is 0.273. The van der Waals surface area contributed by atoms with Crippen LogP contribution in [0.5, 0.6) is 5.75 Å².